The molecule has 39 heavy (non-hydrogen) atoms. The van der Waals surface area contributed by atoms with Crippen LogP contribution in [0, 0.1) is 11.6 Å². The van der Waals surface area contributed by atoms with Crippen LogP contribution in [0.5, 0.6) is 6.01 Å². The summed E-state index contributed by atoms with van der Waals surface area (Å²) in [4.78, 5) is 18.1. The molecule has 8 nitrogen and oxygen atoms in total. The predicted octanol–water partition coefficient (Wildman–Crippen LogP) is 4.83. The van der Waals surface area contributed by atoms with E-state index in [1.165, 1.54) is 18.6 Å². The molecule has 7 rings (SSSR count). The molecule has 3 aliphatic rings. The van der Waals surface area contributed by atoms with Crippen molar-refractivity contribution in [3.05, 3.63) is 34.9 Å². The van der Waals surface area contributed by atoms with Gasteiger partial charge in [-0.05, 0) is 57.5 Å². The molecule has 0 aliphatic carbocycles. The summed E-state index contributed by atoms with van der Waals surface area (Å²) in [5, 5.41) is 4.50. The number of ether oxygens (including phenoxy) is 1. The van der Waals surface area contributed by atoms with Crippen LogP contribution < -0.4 is 20.7 Å². The van der Waals surface area contributed by atoms with Crippen LogP contribution in [-0.4, -0.2) is 70.8 Å². The second-order valence-electron chi connectivity index (χ2n) is 10.7. The molecule has 3 atom stereocenters. The molecule has 0 saturated carbocycles. The molecule has 2 aromatic carbocycles. The molecule has 3 aliphatic heterocycles. The van der Waals surface area contributed by atoms with Gasteiger partial charge in [-0.3, -0.25) is 4.90 Å². The van der Waals surface area contributed by atoms with Gasteiger partial charge in [0.15, 0.2) is 10.9 Å². The van der Waals surface area contributed by atoms with Crippen LogP contribution in [0.25, 0.3) is 32.2 Å². The van der Waals surface area contributed by atoms with Gasteiger partial charge in [0.1, 0.15) is 23.3 Å². The Hall–Kier alpha value is -2.86. The van der Waals surface area contributed by atoms with Gasteiger partial charge in [0.2, 0.25) is 0 Å². The topological polar surface area (TPSA) is 92.4 Å². The molecule has 0 amide bonds. The van der Waals surface area contributed by atoms with E-state index in [0.717, 1.165) is 56.9 Å². The maximum Gasteiger partial charge on any atom is 0.319 e. The number of anilines is 2. The first-order valence-electron chi connectivity index (χ1n) is 13.3. The van der Waals surface area contributed by atoms with E-state index in [1.54, 1.807) is 6.07 Å². The van der Waals surface area contributed by atoms with Crippen molar-refractivity contribution < 1.29 is 13.5 Å². The Morgan fingerprint density at radius 3 is 2.64 bits per heavy atom. The van der Waals surface area contributed by atoms with E-state index < -0.39 is 11.6 Å². The van der Waals surface area contributed by atoms with Crippen molar-refractivity contribution in [2.75, 3.05) is 43.4 Å². The first kappa shape index (κ1) is 25.1. The van der Waals surface area contributed by atoms with E-state index in [-0.39, 0.29) is 43.6 Å². The van der Waals surface area contributed by atoms with Crippen LogP contribution in [0.1, 0.15) is 26.2 Å². The van der Waals surface area contributed by atoms with E-state index in [1.807, 2.05) is 6.92 Å². The Kier molecular flexibility index (Phi) is 6.22. The minimum atomic E-state index is -0.626. The largest absolute Gasteiger partial charge is 0.459 e. The summed E-state index contributed by atoms with van der Waals surface area (Å²) in [6.07, 6.45) is 3.21. The lowest BCUT2D eigenvalue weighted by molar-refractivity contribution is 0.0977. The molecular formula is C27H28ClF2N7OS. The number of thiazole rings is 1. The molecule has 3 saturated heterocycles. The molecule has 5 heterocycles. The van der Waals surface area contributed by atoms with Crippen LogP contribution in [0.2, 0.25) is 5.02 Å². The first-order valence-corrected chi connectivity index (χ1v) is 14.5. The molecule has 2 bridgehead atoms. The maximum atomic E-state index is 16.5. The average molecular weight is 572 g/mol. The molecule has 2 unspecified atom stereocenters. The highest BCUT2D eigenvalue weighted by Crippen LogP contribution is 2.43. The summed E-state index contributed by atoms with van der Waals surface area (Å²) >= 11 is 7.78. The lowest BCUT2D eigenvalue weighted by Crippen LogP contribution is -2.51. The van der Waals surface area contributed by atoms with Crippen LogP contribution >= 0.6 is 22.9 Å². The predicted molar refractivity (Wildman–Crippen MR) is 151 cm³/mol. The number of piperazine rings is 1. The number of halogens is 3. The number of nitrogens with one attached hydrogen (secondary N) is 1. The number of fused-ring (bicyclic) bond motifs is 4. The summed E-state index contributed by atoms with van der Waals surface area (Å²) < 4.78 is 37.5. The normalized spacial score (nSPS) is 22.0. The number of nitrogen functional groups attached to an aromatic ring is 1. The fourth-order valence-corrected chi connectivity index (χ4v) is 7.07. The second-order valence-corrected chi connectivity index (χ2v) is 12.2. The number of likely N-dealkylation sites (tertiary alicyclic amines) is 1. The highest BCUT2D eigenvalue weighted by atomic mass is 35.5. The first-order chi connectivity index (χ1) is 18.8. The molecule has 2 aromatic heterocycles. The maximum absolute atomic E-state index is 16.5. The number of hydrogen-bond donors (Lipinski definition) is 2. The summed E-state index contributed by atoms with van der Waals surface area (Å²) in [5.41, 5.74) is 6.72. The Labute approximate surface area is 233 Å². The van der Waals surface area contributed by atoms with Gasteiger partial charge in [-0.1, -0.05) is 22.9 Å². The van der Waals surface area contributed by atoms with Crippen molar-refractivity contribution in [1.82, 2.24) is 25.2 Å². The quantitative estimate of drug-likeness (QED) is 0.340. The van der Waals surface area contributed by atoms with E-state index in [9.17, 15) is 4.39 Å². The molecule has 12 heteroatoms. The zero-order valence-corrected chi connectivity index (χ0v) is 23.0. The average Bonchev–Trinajstić information content (AvgIpc) is 3.44. The van der Waals surface area contributed by atoms with Crippen LogP contribution in [0.4, 0.5) is 19.7 Å². The SMILES string of the molecule is C[C@@H](CN1CCC1)Oc1nc(N2CC3CCC(C2)N3)c2cc(Cl)c(-c3ccc(F)c4sc(N)nc34)c(F)c2n1. The van der Waals surface area contributed by atoms with Gasteiger partial charge in [0, 0.05) is 48.2 Å². The number of nitrogens with two attached hydrogens (primary N) is 1. The molecule has 0 radical (unpaired) electrons. The highest BCUT2D eigenvalue weighted by molar-refractivity contribution is 7.22. The summed E-state index contributed by atoms with van der Waals surface area (Å²) in [5.74, 6) is -0.483. The van der Waals surface area contributed by atoms with Gasteiger partial charge in [0.05, 0.1) is 15.2 Å². The van der Waals surface area contributed by atoms with Crippen molar-refractivity contribution in [3.63, 3.8) is 0 Å². The van der Waals surface area contributed by atoms with Gasteiger partial charge in [0.25, 0.3) is 0 Å². The van der Waals surface area contributed by atoms with Crippen LogP contribution in [0.3, 0.4) is 0 Å². The van der Waals surface area contributed by atoms with Crippen molar-refractivity contribution in [2.45, 2.75) is 44.4 Å². The van der Waals surface area contributed by atoms with Gasteiger partial charge >= 0.3 is 6.01 Å². The third-order valence-electron chi connectivity index (χ3n) is 7.91. The Balaban J connectivity index is 1.38. The Bertz CT molecular complexity index is 1580. The van der Waals surface area contributed by atoms with Crippen molar-refractivity contribution in [2.24, 2.45) is 0 Å². The van der Waals surface area contributed by atoms with E-state index in [2.05, 4.69) is 25.1 Å². The number of nitrogens with zero attached hydrogens (tertiary/aromatic N) is 5. The molecule has 0 spiro atoms. The third-order valence-corrected chi connectivity index (χ3v) is 9.10. The second kappa shape index (κ2) is 9.65. The van der Waals surface area contributed by atoms with Crippen LogP contribution in [-0.2, 0) is 0 Å². The molecule has 204 valence electrons. The fourth-order valence-electron chi connectivity index (χ4n) is 6.01. The van der Waals surface area contributed by atoms with E-state index in [4.69, 9.17) is 27.1 Å². The third kappa shape index (κ3) is 4.45. The van der Waals surface area contributed by atoms with E-state index >= 15 is 4.39 Å². The summed E-state index contributed by atoms with van der Waals surface area (Å²) in [7, 11) is 0. The minimum Gasteiger partial charge on any atom is -0.459 e. The summed E-state index contributed by atoms with van der Waals surface area (Å²) in [6, 6.07) is 5.30. The van der Waals surface area contributed by atoms with Gasteiger partial charge in [-0.25, -0.2) is 13.8 Å². The highest BCUT2D eigenvalue weighted by Gasteiger charge is 2.34. The van der Waals surface area contributed by atoms with E-state index in [0.29, 0.717) is 28.9 Å². The lowest BCUT2D eigenvalue weighted by Gasteiger charge is -2.35. The molecular weight excluding hydrogens is 544 g/mol. The van der Waals surface area contributed by atoms with Crippen molar-refractivity contribution in [3.8, 4) is 17.1 Å². The number of aromatic nitrogens is 3. The number of rotatable bonds is 6. The van der Waals surface area contributed by atoms with Crippen molar-refractivity contribution in [1.29, 1.82) is 0 Å². The summed E-state index contributed by atoms with van der Waals surface area (Å²) in [6.45, 7) is 6.33. The Morgan fingerprint density at radius 1 is 1.15 bits per heavy atom. The standard InChI is InChI=1S/C27H28ClF2N7OS/c1-13(10-36-7-2-8-36)38-27-34-22-17(25(35-27)37-11-14-3-4-15(12-37)32-14)9-18(28)20(21(22)30)16-5-6-19(29)24-23(16)33-26(31)39-24/h5-6,9,13-15,32H,2-4,7-8,10-12H2,1H3,(H2,31,33)/t13-,14?,15?/m0/s1. The Morgan fingerprint density at radius 2 is 1.92 bits per heavy atom. The van der Waals surface area contributed by atoms with Crippen LogP contribution in [0.15, 0.2) is 18.2 Å². The zero-order chi connectivity index (χ0) is 26.8. The monoisotopic (exact) mass is 571 g/mol. The number of hydrogen-bond acceptors (Lipinski definition) is 9. The van der Waals surface area contributed by atoms with Gasteiger partial charge < -0.3 is 20.7 Å². The molecule has 3 fully saturated rings. The van der Waals surface area contributed by atoms with Crippen molar-refractivity contribution >= 4 is 55.0 Å². The fraction of sp³-hybridized carbons (Fsp3) is 0.444. The lowest BCUT2D eigenvalue weighted by atomic mass is 10.0. The number of benzene rings is 2. The molecule has 4 aromatic rings. The minimum absolute atomic E-state index is 0.101. The smallest absolute Gasteiger partial charge is 0.319 e. The van der Waals surface area contributed by atoms with Gasteiger partial charge in [-0.15, -0.1) is 0 Å². The van der Waals surface area contributed by atoms with Gasteiger partial charge in [-0.2, -0.15) is 9.97 Å². The zero-order valence-electron chi connectivity index (χ0n) is 21.4. The molecule has 3 N–H and O–H groups in total.